The molecule has 0 spiro atoms. The first-order valence-electron chi connectivity index (χ1n) is 8.41. The molecule has 2 rings (SSSR count). The number of nitrogens with one attached hydrogen (secondary N) is 1. The van der Waals surface area contributed by atoms with Crippen LogP contribution in [0.4, 0.5) is 4.79 Å². The monoisotopic (exact) mass is 341 g/mol. The lowest BCUT2D eigenvalue weighted by Gasteiger charge is -2.24. The lowest BCUT2D eigenvalue weighted by molar-refractivity contribution is -0.130. The van der Waals surface area contributed by atoms with Gasteiger partial charge in [0.25, 0.3) is 5.91 Å². The normalized spacial score (nSPS) is 21.8. The van der Waals surface area contributed by atoms with Crippen molar-refractivity contribution < 1.29 is 14.4 Å². The van der Waals surface area contributed by atoms with Gasteiger partial charge in [-0.25, -0.2) is 4.79 Å². The maximum Gasteiger partial charge on any atom is 0.325 e. The average Bonchev–Trinajstić information content (AvgIpc) is 2.64. The lowest BCUT2D eigenvalue weighted by atomic mass is 10.1. The number of nitrogens with zero attached hydrogens (tertiary/aromatic N) is 2. The van der Waals surface area contributed by atoms with Crippen LogP contribution in [0.5, 0.6) is 0 Å². The molecule has 2 aliphatic rings. The summed E-state index contributed by atoms with van der Waals surface area (Å²) in [5.41, 5.74) is -0.817. The van der Waals surface area contributed by atoms with Gasteiger partial charge in [-0.3, -0.25) is 14.5 Å². The quantitative estimate of drug-likeness (QED) is 0.612. The standard InChI is InChI=1S/C16H27N3O3S/c1-16(2)14(21)19(15(22)17-16)10-11-23-12-13(20)18-8-6-4-3-5-7-9-18/h3-12H2,1-2H3,(H,17,22). The molecular weight excluding hydrogens is 314 g/mol. The Kier molecular flexibility index (Phi) is 6.33. The highest BCUT2D eigenvalue weighted by Crippen LogP contribution is 2.17. The van der Waals surface area contributed by atoms with Crippen molar-refractivity contribution in [3.05, 3.63) is 0 Å². The van der Waals surface area contributed by atoms with E-state index in [0.717, 1.165) is 25.9 Å². The summed E-state index contributed by atoms with van der Waals surface area (Å²) in [6.07, 6.45) is 5.87. The Balaban J connectivity index is 1.69. The smallest absolute Gasteiger partial charge is 0.325 e. The maximum absolute atomic E-state index is 12.2. The molecule has 23 heavy (non-hydrogen) atoms. The number of urea groups is 1. The summed E-state index contributed by atoms with van der Waals surface area (Å²) < 4.78 is 0. The fraction of sp³-hybridized carbons (Fsp3) is 0.812. The van der Waals surface area contributed by atoms with Gasteiger partial charge in [-0.15, -0.1) is 0 Å². The topological polar surface area (TPSA) is 69.7 Å². The number of amides is 4. The molecule has 2 fully saturated rings. The molecule has 6 nitrogen and oxygen atoms in total. The van der Waals surface area contributed by atoms with Crippen molar-refractivity contribution in [2.75, 3.05) is 31.1 Å². The van der Waals surface area contributed by atoms with Crippen molar-refractivity contribution in [2.45, 2.75) is 51.5 Å². The summed E-state index contributed by atoms with van der Waals surface area (Å²) in [7, 11) is 0. The van der Waals surface area contributed by atoms with Gasteiger partial charge in [0.1, 0.15) is 5.54 Å². The zero-order valence-corrected chi connectivity index (χ0v) is 14.9. The predicted molar refractivity (Wildman–Crippen MR) is 91.3 cm³/mol. The second-order valence-corrected chi connectivity index (χ2v) is 7.82. The molecule has 7 heteroatoms. The van der Waals surface area contributed by atoms with Crippen LogP contribution < -0.4 is 5.32 Å². The second-order valence-electron chi connectivity index (χ2n) is 6.71. The third-order valence-corrected chi connectivity index (χ3v) is 5.26. The van der Waals surface area contributed by atoms with Crippen LogP contribution in [0.3, 0.4) is 0 Å². The van der Waals surface area contributed by atoms with Crippen molar-refractivity contribution in [2.24, 2.45) is 0 Å². The van der Waals surface area contributed by atoms with Crippen LogP contribution in [0.2, 0.25) is 0 Å². The molecule has 2 aliphatic heterocycles. The van der Waals surface area contributed by atoms with Gasteiger partial charge >= 0.3 is 6.03 Å². The number of hydrogen-bond donors (Lipinski definition) is 1. The number of rotatable bonds is 5. The summed E-state index contributed by atoms with van der Waals surface area (Å²) in [5, 5.41) is 2.66. The fourth-order valence-corrected chi connectivity index (χ4v) is 3.74. The summed E-state index contributed by atoms with van der Waals surface area (Å²) in [5.74, 6) is 0.995. The van der Waals surface area contributed by atoms with Crippen molar-refractivity contribution in [3.63, 3.8) is 0 Å². The molecule has 130 valence electrons. The third-order valence-electron chi connectivity index (χ3n) is 4.34. The SMILES string of the molecule is CC1(C)NC(=O)N(CCSCC(=O)N2CCCCCCC2)C1=O. The first kappa shape index (κ1) is 18.1. The van der Waals surface area contributed by atoms with E-state index in [1.165, 1.54) is 35.9 Å². The first-order valence-corrected chi connectivity index (χ1v) is 9.57. The largest absolute Gasteiger partial charge is 0.342 e. The van der Waals surface area contributed by atoms with E-state index >= 15 is 0 Å². The number of carbonyl (C=O) groups excluding carboxylic acids is 3. The maximum atomic E-state index is 12.2. The van der Waals surface area contributed by atoms with Gasteiger partial charge in [0.2, 0.25) is 5.91 Å². The molecule has 0 aromatic carbocycles. The lowest BCUT2D eigenvalue weighted by Crippen LogP contribution is -2.40. The molecule has 0 unspecified atom stereocenters. The van der Waals surface area contributed by atoms with Crippen LogP contribution in [0.15, 0.2) is 0 Å². The molecule has 0 radical (unpaired) electrons. The first-order chi connectivity index (χ1) is 10.9. The van der Waals surface area contributed by atoms with Gasteiger partial charge in [-0.2, -0.15) is 11.8 Å². The highest BCUT2D eigenvalue weighted by atomic mass is 32.2. The van der Waals surface area contributed by atoms with Crippen LogP contribution in [0.1, 0.15) is 46.0 Å². The van der Waals surface area contributed by atoms with E-state index in [1.54, 1.807) is 13.8 Å². The average molecular weight is 341 g/mol. The van der Waals surface area contributed by atoms with Crippen molar-refractivity contribution in [1.82, 2.24) is 15.1 Å². The Hall–Kier alpha value is -1.24. The van der Waals surface area contributed by atoms with E-state index in [9.17, 15) is 14.4 Å². The highest BCUT2D eigenvalue weighted by molar-refractivity contribution is 7.99. The van der Waals surface area contributed by atoms with Crippen LogP contribution >= 0.6 is 11.8 Å². The van der Waals surface area contributed by atoms with E-state index in [0.29, 0.717) is 18.1 Å². The number of hydrogen-bond acceptors (Lipinski definition) is 4. The molecule has 4 amide bonds. The summed E-state index contributed by atoms with van der Waals surface area (Å²) >= 11 is 1.49. The van der Waals surface area contributed by atoms with Gasteiger partial charge in [0, 0.05) is 25.4 Å². The zero-order valence-electron chi connectivity index (χ0n) is 14.1. The van der Waals surface area contributed by atoms with Gasteiger partial charge in [-0.05, 0) is 26.7 Å². The van der Waals surface area contributed by atoms with E-state index in [2.05, 4.69) is 5.32 Å². The molecule has 0 saturated carbocycles. The van der Waals surface area contributed by atoms with E-state index in [-0.39, 0.29) is 17.8 Å². The van der Waals surface area contributed by atoms with Gasteiger partial charge in [-0.1, -0.05) is 19.3 Å². The van der Waals surface area contributed by atoms with Crippen LogP contribution in [-0.4, -0.2) is 64.3 Å². The second kappa shape index (κ2) is 8.04. The number of imide groups is 1. The van der Waals surface area contributed by atoms with Crippen LogP contribution in [0.25, 0.3) is 0 Å². The Labute approximate surface area is 142 Å². The van der Waals surface area contributed by atoms with Crippen molar-refractivity contribution >= 4 is 29.6 Å². The van der Waals surface area contributed by atoms with Crippen molar-refractivity contribution in [1.29, 1.82) is 0 Å². The predicted octanol–water partition coefficient (Wildman–Crippen LogP) is 1.84. The third kappa shape index (κ3) is 4.86. The molecular formula is C16H27N3O3S. The number of likely N-dealkylation sites (tertiary alicyclic amines) is 1. The molecule has 2 saturated heterocycles. The molecule has 0 bridgehead atoms. The Bertz CT molecular complexity index is 459. The zero-order chi connectivity index (χ0) is 16.9. The summed E-state index contributed by atoms with van der Waals surface area (Å²) in [6.45, 7) is 5.48. The Morgan fingerprint density at radius 1 is 1.13 bits per heavy atom. The minimum atomic E-state index is -0.817. The molecule has 0 atom stereocenters. The minimum Gasteiger partial charge on any atom is -0.342 e. The number of carbonyl (C=O) groups is 3. The summed E-state index contributed by atoms with van der Waals surface area (Å²) in [4.78, 5) is 39.2. The number of thioether (sulfide) groups is 1. The minimum absolute atomic E-state index is 0.175. The van der Waals surface area contributed by atoms with E-state index < -0.39 is 5.54 Å². The Morgan fingerprint density at radius 3 is 2.30 bits per heavy atom. The molecule has 0 aliphatic carbocycles. The fourth-order valence-electron chi connectivity index (χ4n) is 2.92. The van der Waals surface area contributed by atoms with E-state index in [1.807, 2.05) is 4.90 Å². The molecule has 0 aromatic rings. The molecule has 0 aromatic heterocycles. The molecule has 2 heterocycles. The van der Waals surface area contributed by atoms with E-state index in [4.69, 9.17) is 0 Å². The van der Waals surface area contributed by atoms with Gasteiger partial charge in [0.15, 0.2) is 0 Å². The van der Waals surface area contributed by atoms with Crippen LogP contribution in [-0.2, 0) is 9.59 Å². The Morgan fingerprint density at radius 2 is 1.74 bits per heavy atom. The van der Waals surface area contributed by atoms with Crippen LogP contribution in [0, 0.1) is 0 Å². The highest BCUT2D eigenvalue weighted by Gasteiger charge is 2.43. The summed E-state index contributed by atoms with van der Waals surface area (Å²) in [6, 6.07) is -0.337. The van der Waals surface area contributed by atoms with Gasteiger partial charge < -0.3 is 10.2 Å². The van der Waals surface area contributed by atoms with Crippen molar-refractivity contribution in [3.8, 4) is 0 Å². The molecule has 1 N–H and O–H groups in total. The van der Waals surface area contributed by atoms with Gasteiger partial charge in [0.05, 0.1) is 5.75 Å².